The van der Waals surface area contributed by atoms with E-state index in [9.17, 15) is 14.4 Å². The molecule has 4 rings (SSSR count). The van der Waals surface area contributed by atoms with E-state index in [2.05, 4.69) is 16.0 Å². The summed E-state index contributed by atoms with van der Waals surface area (Å²) in [4.78, 5) is 39.1. The molecule has 1 aromatic heterocycles. The zero-order chi connectivity index (χ0) is 21.1. The van der Waals surface area contributed by atoms with Crippen molar-refractivity contribution in [2.45, 2.75) is 30.5 Å². The third-order valence-corrected chi connectivity index (χ3v) is 6.08. The SMILES string of the molecule is NC1NC(SCC(=O)N2CCCc3ccccc32)NC(=O)C1NC(=O)c1ccco1. The van der Waals surface area contributed by atoms with E-state index < -0.39 is 29.5 Å². The van der Waals surface area contributed by atoms with Gasteiger partial charge in [0, 0.05) is 12.2 Å². The van der Waals surface area contributed by atoms with Gasteiger partial charge in [0.05, 0.1) is 18.2 Å². The second-order valence-electron chi connectivity index (χ2n) is 7.10. The summed E-state index contributed by atoms with van der Waals surface area (Å²) >= 11 is 1.25. The van der Waals surface area contributed by atoms with Gasteiger partial charge in [-0.05, 0) is 36.6 Å². The topological polar surface area (TPSA) is 130 Å². The molecule has 2 aliphatic rings. The minimum absolute atomic E-state index is 0.0231. The monoisotopic (exact) mass is 429 g/mol. The number of anilines is 1. The number of carbonyl (C=O) groups is 3. The lowest BCUT2D eigenvalue weighted by molar-refractivity contribution is -0.125. The van der Waals surface area contributed by atoms with E-state index in [0.29, 0.717) is 6.54 Å². The van der Waals surface area contributed by atoms with Crippen LogP contribution in [0.25, 0.3) is 0 Å². The van der Waals surface area contributed by atoms with Crippen molar-refractivity contribution in [2.24, 2.45) is 5.73 Å². The third kappa shape index (κ3) is 4.35. The van der Waals surface area contributed by atoms with Crippen molar-refractivity contribution in [2.75, 3.05) is 17.2 Å². The van der Waals surface area contributed by atoms with Crippen LogP contribution < -0.4 is 26.6 Å². The highest BCUT2D eigenvalue weighted by molar-refractivity contribution is 8.00. The van der Waals surface area contributed by atoms with Crippen molar-refractivity contribution in [3.05, 3.63) is 54.0 Å². The molecule has 1 fully saturated rings. The molecule has 1 saturated heterocycles. The number of carbonyl (C=O) groups excluding carboxylic acids is 3. The fourth-order valence-electron chi connectivity index (χ4n) is 3.59. The Bertz CT molecular complexity index is 935. The Labute approximate surface area is 177 Å². The minimum Gasteiger partial charge on any atom is -0.459 e. The van der Waals surface area contributed by atoms with Gasteiger partial charge in [0.1, 0.15) is 11.5 Å². The molecule has 30 heavy (non-hydrogen) atoms. The van der Waals surface area contributed by atoms with Gasteiger partial charge in [-0.3, -0.25) is 19.7 Å². The van der Waals surface area contributed by atoms with Gasteiger partial charge in [0.15, 0.2) is 5.76 Å². The molecule has 2 aliphatic heterocycles. The normalized spacial score (nSPS) is 23.4. The number of thioether (sulfide) groups is 1. The molecule has 3 amide bonds. The maximum atomic E-state index is 12.8. The van der Waals surface area contributed by atoms with Crippen LogP contribution in [0.15, 0.2) is 47.1 Å². The summed E-state index contributed by atoms with van der Waals surface area (Å²) in [7, 11) is 0. The van der Waals surface area contributed by atoms with Crippen LogP contribution in [0, 0.1) is 0 Å². The number of hydrogen-bond acceptors (Lipinski definition) is 7. The zero-order valence-corrected chi connectivity index (χ0v) is 17.0. The van der Waals surface area contributed by atoms with Crippen LogP contribution in [0.1, 0.15) is 22.5 Å². The van der Waals surface area contributed by atoms with Crippen molar-refractivity contribution in [3.63, 3.8) is 0 Å². The van der Waals surface area contributed by atoms with E-state index in [-0.39, 0.29) is 17.4 Å². The Balaban J connectivity index is 1.31. The Hall–Kier alpha value is -2.82. The van der Waals surface area contributed by atoms with Crippen LogP contribution in [0.5, 0.6) is 0 Å². The summed E-state index contributed by atoms with van der Waals surface area (Å²) < 4.78 is 5.02. The molecule has 3 heterocycles. The van der Waals surface area contributed by atoms with Crippen molar-refractivity contribution in [3.8, 4) is 0 Å². The molecule has 0 radical (unpaired) electrons. The van der Waals surface area contributed by atoms with Crippen LogP contribution in [-0.2, 0) is 16.0 Å². The molecule has 3 unspecified atom stereocenters. The summed E-state index contributed by atoms with van der Waals surface area (Å²) in [6.45, 7) is 0.682. The number of benzene rings is 1. The number of furan rings is 1. The fourth-order valence-corrected chi connectivity index (χ4v) is 4.50. The molecule has 158 valence electrons. The average Bonchev–Trinajstić information content (AvgIpc) is 3.29. The first kappa shape index (κ1) is 20.5. The summed E-state index contributed by atoms with van der Waals surface area (Å²) in [6.07, 6.45) is 2.46. The molecule has 0 saturated carbocycles. The third-order valence-electron chi connectivity index (χ3n) is 5.08. The van der Waals surface area contributed by atoms with E-state index >= 15 is 0 Å². The number of fused-ring (bicyclic) bond motifs is 1. The maximum absolute atomic E-state index is 12.8. The highest BCUT2D eigenvalue weighted by atomic mass is 32.2. The van der Waals surface area contributed by atoms with E-state index in [1.165, 1.54) is 29.7 Å². The molecular formula is C20H23N5O4S. The van der Waals surface area contributed by atoms with Crippen molar-refractivity contribution < 1.29 is 18.8 Å². The van der Waals surface area contributed by atoms with Crippen LogP contribution in [0.2, 0.25) is 0 Å². The van der Waals surface area contributed by atoms with Crippen LogP contribution in [0.4, 0.5) is 5.69 Å². The number of nitrogens with zero attached hydrogens (tertiary/aromatic N) is 1. The van der Waals surface area contributed by atoms with E-state index in [4.69, 9.17) is 10.2 Å². The van der Waals surface area contributed by atoms with Crippen molar-refractivity contribution >= 4 is 35.2 Å². The van der Waals surface area contributed by atoms with Gasteiger partial charge < -0.3 is 25.7 Å². The summed E-state index contributed by atoms with van der Waals surface area (Å²) in [5, 5.41) is 8.31. The lowest BCUT2D eigenvalue weighted by atomic mass is 10.0. The highest BCUT2D eigenvalue weighted by Crippen LogP contribution is 2.27. The van der Waals surface area contributed by atoms with Gasteiger partial charge in [-0.15, -0.1) is 11.8 Å². The molecule has 9 nitrogen and oxygen atoms in total. The van der Waals surface area contributed by atoms with E-state index in [1.807, 2.05) is 24.3 Å². The highest BCUT2D eigenvalue weighted by Gasteiger charge is 2.36. The van der Waals surface area contributed by atoms with Gasteiger partial charge in [0.25, 0.3) is 5.91 Å². The molecule has 0 aliphatic carbocycles. The number of rotatable bonds is 5. The molecule has 5 N–H and O–H groups in total. The number of nitrogens with one attached hydrogen (secondary N) is 3. The first-order valence-corrected chi connectivity index (χ1v) is 10.7. The molecule has 0 bridgehead atoms. The minimum atomic E-state index is -0.955. The first-order valence-electron chi connectivity index (χ1n) is 9.69. The number of amides is 3. The number of nitrogens with two attached hydrogens (primary N) is 1. The molecule has 3 atom stereocenters. The Morgan fingerprint density at radius 3 is 2.87 bits per heavy atom. The Kier molecular flexibility index (Phi) is 6.07. The molecule has 0 spiro atoms. The number of para-hydroxylation sites is 1. The predicted molar refractivity (Wildman–Crippen MR) is 113 cm³/mol. The summed E-state index contributed by atoms with van der Waals surface area (Å²) in [6, 6.07) is 10.0. The number of aryl methyl sites for hydroxylation is 1. The summed E-state index contributed by atoms with van der Waals surface area (Å²) in [5.41, 5.74) is 7.63. The van der Waals surface area contributed by atoms with E-state index in [0.717, 1.165) is 18.5 Å². The number of hydrogen-bond donors (Lipinski definition) is 4. The Morgan fingerprint density at radius 2 is 2.10 bits per heavy atom. The quantitative estimate of drug-likeness (QED) is 0.541. The molecule has 10 heteroatoms. The van der Waals surface area contributed by atoms with E-state index in [1.54, 1.807) is 11.0 Å². The zero-order valence-electron chi connectivity index (χ0n) is 16.2. The Morgan fingerprint density at radius 1 is 1.27 bits per heavy atom. The smallest absolute Gasteiger partial charge is 0.287 e. The van der Waals surface area contributed by atoms with Gasteiger partial charge >= 0.3 is 0 Å². The van der Waals surface area contributed by atoms with Gasteiger partial charge in [-0.2, -0.15) is 0 Å². The second-order valence-corrected chi connectivity index (χ2v) is 8.19. The standard InChI is InChI=1S/C20H23N5O4S/c21-17-16(22-18(27)14-8-4-10-29-14)19(28)24-20(23-17)30-11-15(26)25-9-3-6-12-5-1-2-7-13(12)25/h1-2,4-5,7-8,10,16-17,20,23H,3,6,9,11,21H2,(H,22,27)(H,24,28). The fraction of sp³-hybridized carbons (Fsp3) is 0.350. The lowest BCUT2D eigenvalue weighted by Crippen LogP contribution is -2.70. The van der Waals surface area contributed by atoms with Crippen molar-refractivity contribution in [1.29, 1.82) is 0 Å². The summed E-state index contributed by atoms with van der Waals surface area (Å²) in [5.74, 6) is -0.691. The predicted octanol–water partition coefficient (Wildman–Crippen LogP) is 0.378. The second kappa shape index (κ2) is 8.90. The van der Waals surface area contributed by atoms with Crippen LogP contribution in [-0.4, -0.2) is 47.7 Å². The van der Waals surface area contributed by atoms with Gasteiger partial charge in [0.2, 0.25) is 11.8 Å². The largest absolute Gasteiger partial charge is 0.459 e. The van der Waals surface area contributed by atoms with Gasteiger partial charge in [-0.1, -0.05) is 18.2 Å². The maximum Gasteiger partial charge on any atom is 0.287 e. The van der Waals surface area contributed by atoms with Crippen LogP contribution >= 0.6 is 11.8 Å². The molecule has 1 aromatic carbocycles. The lowest BCUT2D eigenvalue weighted by Gasteiger charge is -2.35. The van der Waals surface area contributed by atoms with Gasteiger partial charge in [-0.25, -0.2) is 0 Å². The van der Waals surface area contributed by atoms with Crippen molar-refractivity contribution in [1.82, 2.24) is 16.0 Å². The van der Waals surface area contributed by atoms with Crippen LogP contribution in [0.3, 0.4) is 0 Å². The average molecular weight is 430 g/mol. The molecular weight excluding hydrogens is 406 g/mol. The molecule has 2 aromatic rings. The first-order chi connectivity index (χ1) is 14.5.